The maximum Gasteiger partial charge on any atom is 0.226 e. The molecule has 0 aliphatic rings. The number of aromatic nitrogens is 1. The SMILES string of the molecule is COc1ccc(-c2nc(C(C=O)Nc3ccccc3)c(C)o2)cc1. The minimum Gasteiger partial charge on any atom is -0.497 e. The maximum atomic E-state index is 11.5. The van der Waals surface area contributed by atoms with Gasteiger partial charge in [-0.05, 0) is 43.3 Å². The molecule has 3 rings (SSSR count). The quantitative estimate of drug-likeness (QED) is 0.695. The van der Waals surface area contributed by atoms with Crippen LogP contribution in [-0.2, 0) is 4.79 Å². The molecular weight excluding hydrogens is 304 g/mol. The van der Waals surface area contributed by atoms with Crippen LogP contribution in [0.15, 0.2) is 59.0 Å². The number of aldehydes is 1. The molecular formula is C19H18N2O3. The lowest BCUT2D eigenvalue weighted by Gasteiger charge is -2.11. The van der Waals surface area contributed by atoms with Gasteiger partial charge in [-0.25, -0.2) is 4.98 Å². The molecule has 0 spiro atoms. The minimum absolute atomic E-state index is 0.479. The summed E-state index contributed by atoms with van der Waals surface area (Å²) in [5.41, 5.74) is 2.26. The van der Waals surface area contributed by atoms with Crippen LogP contribution >= 0.6 is 0 Å². The van der Waals surface area contributed by atoms with Gasteiger partial charge in [-0.1, -0.05) is 18.2 Å². The van der Waals surface area contributed by atoms with Gasteiger partial charge in [0, 0.05) is 11.3 Å². The van der Waals surface area contributed by atoms with Crippen LogP contribution in [0.25, 0.3) is 11.5 Å². The third kappa shape index (κ3) is 3.30. The molecule has 24 heavy (non-hydrogen) atoms. The second-order valence-electron chi connectivity index (χ2n) is 5.31. The number of para-hydroxylation sites is 1. The summed E-state index contributed by atoms with van der Waals surface area (Å²) in [7, 11) is 1.62. The Morgan fingerprint density at radius 1 is 1.12 bits per heavy atom. The molecule has 0 amide bonds. The standard InChI is InChI=1S/C19H18N2O3/c1-13-18(17(12-22)20-15-6-4-3-5-7-15)21-19(24-13)14-8-10-16(23-2)11-9-14/h3-12,17,20H,1-2H3. The zero-order chi connectivity index (χ0) is 16.9. The summed E-state index contributed by atoms with van der Waals surface area (Å²) in [6, 6.07) is 16.4. The van der Waals surface area contributed by atoms with Gasteiger partial charge < -0.3 is 19.3 Å². The number of hydrogen-bond donors (Lipinski definition) is 1. The number of oxazole rings is 1. The van der Waals surface area contributed by atoms with Crippen molar-refractivity contribution < 1.29 is 13.9 Å². The van der Waals surface area contributed by atoms with E-state index in [2.05, 4.69) is 10.3 Å². The van der Waals surface area contributed by atoms with E-state index < -0.39 is 6.04 Å². The largest absolute Gasteiger partial charge is 0.497 e. The average Bonchev–Trinajstić information content (AvgIpc) is 3.02. The van der Waals surface area contributed by atoms with Crippen LogP contribution < -0.4 is 10.1 Å². The number of benzene rings is 2. The number of anilines is 1. The van der Waals surface area contributed by atoms with Crippen molar-refractivity contribution in [3.8, 4) is 17.2 Å². The molecule has 0 saturated carbocycles. The van der Waals surface area contributed by atoms with Crippen molar-refractivity contribution in [1.29, 1.82) is 0 Å². The van der Waals surface area contributed by atoms with E-state index in [0.717, 1.165) is 23.3 Å². The zero-order valence-corrected chi connectivity index (χ0v) is 13.5. The van der Waals surface area contributed by atoms with Crippen molar-refractivity contribution in [2.45, 2.75) is 13.0 Å². The predicted octanol–water partition coefficient (Wildman–Crippen LogP) is 4.01. The van der Waals surface area contributed by atoms with Gasteiger partial charge in [-0.15, -0.1) is 0 Å². The third-order valence-electron chi connectivity index (χ3n) is 3.70. The zero-order valence-electron chi connectivity index (χ0n) is 13.5. The minimum atomic E-state index is -0.567. The van der Waals surface area contributed by atoms with E-state index in [1.807, 2.05) is 54.6 Å². The molecule has 1 aromatic heterocycles. The Bertz CT molecular complexity index is 810. The summed E-state index contributed by atoms with van der Waals surface area (Å²) in [5.74, 6) is 1.85. The fourth-order valence-electron chi connectivity index (χ4n) is 2.43. The highest BCUT2D eigenvalue weighted by Gasteiger charge is 2.20. The monoisotopic (exact) mass is 322 g/mol. The molecule has 2 aromatic carbocycles. The van der Waals surface area contributed by atoms with Crippen molar-refractivity contribution in [3.63, 3.8) is 0 Å². The Morgan fingerprint density at radius 2 is 1.83 bits per heavy atom. The van der Waals surface area contributed by atoms with Gasteiger partial charge >= 0.3 is 0 Å². The molecule has 3 aromatic rings. The molecule has 5 nitrogen and oxygen atoms in total. The van der Waals surface area contributed by atoms with Gasteiger partial charge in [0.25, 0.3) is 0 Å². The van der Waals surface area contributed by atoms with Gasteiger partial charge in [-0.3, -0.25) is 0 Å². The summed E-state index contributed by atoms with van der Waals surface area (Å²) in [6.07, 6.45) is 0.829. The van der Waals surface area contributed by atoms with Crippen molar-refractivity contribution in [3.05, 3.63) is 66.1 Å². The third-order valence-corrected chi connectivity index (χ3v) is 3.70. The fraction of sp³-hybridized carbons (Fsp3) is 0.158. The summed E-state index contributed by atoms with van der Waals surface area (Å²) < 4.78 is 10.9. The van der Waals surface area contributed by atoms with Crippen molar-refractivity contribution >= 4 is 12.0 Å². The Balaban J connectivity index is 1.87. The molecule has 0 aliphatic carbocycles. The van der Waals surface area contributed by atoms with E-state index in [1.165, 1.54) is 0 Å². The van der Waals surface area contributed by atoms with E-state index in [0.29, 0.717) is 17.3 Å². The predicted molar refractivity (Wildman–Crippen MR) is 92.1 cm³/mol. The summed E-state index contributed by atoms with van der Waals surface area (Å²) in [6.45, 7) is 1.80. The van der Waals surface area contributed by atoms with Crippen molar-refractivity contribution in [2.75, 3.05) is 12.4 Å². The first-order valence-corrected chi connectivity index (χ1v) is 7.60. The van der Waals surface area contributed by atoms with Crippen LogP contribution in [0.5, 0.6) is 5.75 Å². The van der Waals surface area contributed by atoms with Gasteiger partial charge in [-0.2, -0.15) is 0 Å². The average molecular weight is 322 g/mol. The molecule has 122 valence electrons. The molecule has 0 saturated heterocycles. The highest BCUT2D eigenvalue weighted by molar-refractivity contribution is 5.68. The van der Waals surface area contributed by atoms with E-state index in [4.69, 9.17) is 9.15 Å². The van der Waals surface area contributed by atoms with Crippen LogP contribution in [0.4, 0.5) is 5.69 Å². The highest BCUT2D eigenvalue weighted by atomic mass is 16.5. The highest BCUT2D eigenvalue weighted by Crippen LogP contribution is 2.27. The summed E-state index contributed by atoms with van der Waals surface area (Å²) >= 11 is 0. The number of rotatable bonds is 6. The maximum absolute atomic E-state index is 11.5. The molecule has 1 heterocycles. The number of hydrogen-bond acceptors (Lipinski definition) is 5. The Hall–Kier alpha value is -3.08. The second-order valence-corrected chi connectivity index (χ2v) is 5.31. The molecule has 1 N–H and O–H groups in total. The van der Waals surface area contributed by atoms with E-state index >= 15 is 0 Å². The molecule has 5 heteroatoms. The lowest BCUT2D eigenvalue weighted by atomic mass is 10.2. The number of carbonyl (C=O) groups is 1. The van der Waals surface area contributed by atoms with Crippen molar-refractivity contribution in [2.24, 2.45) is 0 Å². The molecule has 1 atom stereocenters. The van der Waals surface area contributed by atoms with Gasteiger partial charge in [0.05, 0.1) is 7.11 Å². The Morgan fingerprint density at radius 3 is 2.46 bits per heavy atom. The molecule has 0 bridgehead atoms. The van der Waals surface area contributed by atoms with Crippen molar-refractivity contribution in [1.82, 2.24) is 4.98 Å². The normalized spacial score (nSPS) is 11.8. The smallest absolute Gasteiger partial charge is 0.226 e. The van der Waals surface area contributed by atoms with Crippen LogP contribution in [0.3, 0.4) is 0 Å². The van der Waals surface area contributed by atoms with Crippen LogP contribution in [0.1, 0.15) is 17.5 Å². The van der Waals surface area contributed by atoms with Gasteiger partial charge in [0.1, 0.15) is 29.5 Å². The number of aryl methyl sites for hydroxylation is 1. The first kappa shape index (κ1) is 15.8. The first-order valence-electron chi connectivity index (χ1n) is 7.60. The van der Waals surface area contributed by atoms with E-state index in [1.54, 1.807) is 14.0 Å². The number of ether oxygens (including phenoxy) is 1. The number of nitrogens with zero attached hydrogens (tertiary/aromatic N) is 1. The van der Waals surface area contributed by atoms with Crippen LogP contribution in [-0.4, -0.2) is 18.4 Å². The molecule has 1 unspecified atom stereocenters. The van der Waals surface area contributed by atoms with Crippen LogP contribution in [0.2, 0.25) is 0 Å². The lowest BCUT2D eigenvalue weighted by Crippen LogP contribution is -2.13. The summed E-state index contributed by atoms with van der Waals surface area (Å²) in [4.78, 5) is 16.0. The van der Waals surface area contributed by atoms with Crippen LogP contribution in [0, 0.1) is 6.92 Å². The molecule has 0 radical (unpaired) electrons. The first-order chi connectivity index (χ1) is 11.7. The lowest BCUT2D eigenvalue weighted by molar-refractivity contribution is -0.108. The van der Waals surface area contributed by atoms with Gasteiger partial charge in [0.2, 0.25) is 5.89 Å². The number of methoxy groups -OCH3 is 1. The second kappa shape index (κ2) is 7.00. The van der Waals surface area contributed by atoms with E-state index in [9.17, 15) is 4.79 Å². The Labute approximate surface area is 140 Å². The molecule has 0 fully saturated rings. The topological polar surface area (TPSA) is 64.4 Å². The summed E-state index contributed by atoms with van der Waals surface area (Å²) in [5, 5.41) is 3.16. The fourth-order valence-corrected chi connectivity index (χ4v) is 2.43. The van der Waals surface area contributed by atoms with Gasteiger partial charge in [0.15, 0.2) is 0 Å². The molecule has 0 aliphatic heterocycles. The Kier molecular flexibility index (Phi) is 4.61. The number of carbonyl (C=O) groups excluding carboxylic acids is 1. The number of nitrogens with one attached hydrogen (secondary N) is 1. The van der Waals surface area contributed by atoms with E-state index in [-0.39, 0.29) is 0 Å².